The SMILES string of the molecule is Cc1ccc(CNC(=O)CCn2c(=O)c3c(C)[nH]nc3c3ccccc32)cc1. The second-order valence-electron chi connectivity index (χ2n) is 7.06. The fourth-order valence-corrected chi connectivity index (χ4v) is 3.47. The monoisotopic (exact) mass is 374 g/mol. The zero-order valence-corrected chi connectivity index (χ0v) is 16.0. The predicted octanol–water partition coefficient (Wildman–Crippen LogP) is 3.20. The molecule has 0 spiro atoms. The normalized spacial score (nSPS) is 11.2. The van der Waals surface area contributed by atoms with Crippen molar-refractivity contribution in [1.82, 2.24) is 20.1 Å². The van der Waals surface area contributed by atoms with Gasteiger partial charge in [-0.25, -0.2) is 0 Å². The average molecular weight is 374 g/mol. The Kier molecular flexibility index (Phi) is 4.69. The van der Waals surface area contributed by atoms with Gasteiger partial charge in [-0.05, 0) is 25.5 Å². The van der Waals surface area contributed by atoms with Crippen LogP contribution in [0, 0.1) is 13.8 Å². The van der Waals surface area contributed by atoms with Gasteiger partial charge < -0.3 is 9.88 Å². The Hall–Kier alpha value is -3.41. The van der Waals surface area contributed by atoms with Crippen molar-refractivity contribution in [2.75, 3.05) is 0 Å². The molecule has 0 aliphatic rings. The van der Waals surface area contributed by atoms with Crippen LogP contribution >= 0.6 is 0 Å². The summed E-state index contributed by atoms with van der Waals surface area (Å²) in [5.41, 5.74) is 4.33. The zero-order chi connectivity index (χ0) is 19.7. The first kappa shape index (κ1) is 18.0. The number of amides is 1. The Morgan fingerprint density at radius 3 is 2.64 bits per heavy atom. The summed E-state index contributed by atoms with van der Waals surface area (Å²) >= 11 is 0. The van der Waals surface area contributed by atoms with Gasteiger partial charge in [-0.1, -0.05) is 48.0 Å². The van der Waals surface area contributed by atoms with Crippen molar-refractivity contribution in [1.29, 1.82) is 0 Å². The van der Waals surface area contributed by atoms with Crippen LogP contribution in [-0.2, 0) is 17.9 Å². The maximum absolute atomic E-state index is 13.0. The number of rotatable bonds is 5. The highest BCUT2D eigenvalue weighted by atomic mass is 16.1. The van der Waals surface area contributed by atoms with Gasteiger partial charge in [0.2, 0.25) is 5.91 Å². The second kappa shape index (κ2) is 7.31. The number of nitrogens with zero attached hydrogens (tertiary/aromatic N) is 2. The molecule has 4 aromatic rings. The molecule has 1 amide bonds. The lowest BCUT2D eigenvalue weighted by Crippen LogP contribution is -2.27. The van der Waals surface area contributed by atoms with Gasteiger partial charge in [0.15, 0.2) is 0 Å². The van der Waals surface area contributed by atoms with Crippen LogP contribution in [0.5, 0.6) is 0 Å². The van der Waals surface area contributed by atoms with E-state index < -0.39 is 0 Å². The predicted molar refractivity (Wildman–Crippen MR) is 110 cm³/mol. The Bertz CT molecular complexity index is 1220. The van der Waals surface area contributed by atoms with Gasteiger partial charge >= 0.3 is 0 Å². The summed E-state index contributed by atoms with van der Waals surface area (Å²) in [7, 11) is 0. The molecule has 0 atom stereocenters. The summed E-state index contributed by atoms with van der Waals surface area (Å²) < 4.78 is 1.67. The standard InChI is InChI=1S/C22H22N4O2/c1-14-7-9-16(10-8-14)13-23-19(27)11-12-26-18-6-4-3-5-17(18)21-20(22(26)28)15(2)24-25-21/h3-10H,11-13H2,1-2H3,(H,23,27)(H,24,25). The fraction of sp³-hybridized carbons (Fsp3) is 0.227. The number of aryl methyl sites for hydroxylation is 3. The summed E-state index contributed by atoms with van der Waals surface area (Å²) in [6.45, 7) is 4.67. The zero-order valence-electron chi connectivity index (χ0n) is 16.0. The van der Waals surface area contributed by atoms with Gasteiger partial charge in [0.25, 0.3) is 5.56 Å². The Balaban J connectivity index is 1.56. The molecule has 142 valence electrons. The minimum Gasteiger partial charge on any atom is -0.352 e. The highest BCUT2D eigenvalue weighted by Crippen LogP contribution is 2.22. The lowest BCUT2D eigenvalue weighted by atomic mass is 10.1. The molecule has 6 nitrogen and oxygen atoms in total. The van der Waals surface area contributed by atoms with Crippen LogP contribution in [0.1, 0.15) is 23.2 Å². The topological polar surface area (TPSA) is 79.8 Å². The molecule has 2 heterocycles. The third-order valence-electron chi connectivity index (χ3n) is 5.03. The number of carbonyl (C=O) groups is 1. The molecular weight excluding hydrogens is 352 g/mol. The molecular formula is C22H22N4O2. The van der Waals surface area contributed by atoms with Crippen LogP contribution < -0.4 is 10.9 Å². The minimum absolute atomic E-state index is 0.0828. The van der Waals surface area contributed by atoms with E-state index in [0.717, 1.165) is 22.2 Å². The Morgan fingerprint density at radius 2 is 1.86 bits per heavy atom. The summed E-state index contributed by atoms with van der Waals surface area (Å²) in [6, 6.07) is 15.7. The number of benzene rings is 2. The molecule has 0 aliphatic carbocycles. The number of H-pyrrole nitrogens is 1. The number of hydrogen-bond acceptors (Lipinski definition) is 3. The molecule has 28 heavy (non-hydrogen) atoms. The summed E-state index contributed by atoms with van der Waals surface area (Å²) in [4.78, 5) is 25.4. The van der Waals surface area contributed by atoms with E-state index in [1.807, 2.05) is 62.4 Å². The molecule has 2 aromatic carbocycles. The van der Waals surface area contributed by atoms with E-state index in [-0.39, 0.29) is 17.9 Å². The van der Waals surface area contributed by atoms with Crippen molar-refractivity contribution in [2.45, 2.75) is 33.4 Å². The molecule has 0 saturated carbocycles. The van der Waals surface area contributed by atoms with E-state index in [1.165, 1.54) is 5.56 Å². The molecule has 0 fully saturated rings. The number of hydrogen-bond donors (Lipinski definition) is 2. The van der Waals surface area contributed by atoms with Crippen molar-refractivity contribution in [3.63, 3.8) is 0 Å². The van der Waals surface area contributed by atoms with E-state index in [0.29, 0.717) is 24.0 Å². The highest BCUT2D eigenvalue weighted by Gasteiger charge is 2.15. The van der Waals surface area contributed by atoms with E-state index in [2.05, 4.69) is 15.5 Å². The van der Waals surface area contributed by atoms with Gasteiger partial charge in [-0.2, -0.15) is 5.10 Å². The lowest BCUT2D eigenvalue weighted by Gasteiger charge is -2.11. The summed E-state index contributed by atoms with van der Waals surface area (Å²) in [5, 5.41) is 11.6. The molecule has 6 heteroatoms. The number of aromatic amines is 1. The van der Waals surface area contributed by atoms with Crippen molar-refractivity contribution >= 4 is 27.7 Å². The van der Waals surface area contributed by atoms with Gasteiger partial charge in [-0.3, -0.25) is 14.7 Å². The van der Waals surface area contributed by atoms with E-state index in [4.69, 9.17) is 0 Å². The molecule has 2 aromatic heterocycles. The molecule has 0 bridgehead atoms. The quantitative estimate of drug-likeness (QED) is 0.563. The van der Waals surface area contributed by atoms with Gasteiger partial charge in [0, 0.05) is 30.6 Å². The lowest BCUT2D eigenvalue weighted by molar-refractivity contribution is -0.121. The molecule has 0 saturated heterocycles. The fourth-order valence-electron chi connectivity index (χ4n) is 3.47. The number of carbonyl (C=O) groups excluding carboxylic acids is 1. The van der Waals surface area contributed by atoms with Crippen molar-refractivity contribution in [3.8, 4) is 0 Å². The first-order chi connectivity index (χ1) is 13.5. The first-order valence-electron chi connectivity index (χ1n) is 9.33. The number of aromatic nitrogens is 3. The molecule has 0 unspecified atom stereocenters. The number of fused-ring (bicyclic) bond motifs is 3. The average Bonchev–Trinajstić information content (AvgIpc) is 3.09. The van der Waals surface area contributed by atoms with Gasteiger partial charge in [-0.15, -0.1) is 0 Å². The maximum atomic E-state index is 13.0. The molecule has 2 N–H and O–H groups in total. The summed E-state index contributed by atoms with van der Waals surface area (Å²) in [6.07, 6.45) is 0.234. The molecule has 4 rings (SSSR count). The van der Waals surface area contributed by atoms with Crippen LogP contribution in [0.15, 0.2) is 53.3 Å². The van der Waals surface area contributed by atoms with Crippen molar-refractivity contribution in [3.05, 3.63) is 75.7 Å². The van der Waals surface area contributed by atoms with Crippen molar-refractivity contribution in [2.24, 2.45) is 0 Å². The second-order valence-corrected chi connectivity index (χ2v) is 7.06. The molecule has 0 radical (unpaired) electrons. The number of pyridine rings is 1. The largest absolute Gasteiger partial charge is 0.352 e. The van der Waals surface area contributed by atoms with Crippen LogP contribution in [-0.4, -0.2) is 20.7 Å². The van der Waals surface area contributed by atoms with Crippen LogP contribution in [0.25, 0.3) is 21.8 Å². The maximum Gasteiger partial charge on any atom is 0.262 e. The third kappa shape index (κ3) is 3.29. The smallest absolute Gasteiger partial charge is 0.262 e. The van der Waals surface area contributed by atoms with Gasteiger partial charge in [0.1, 0.15) is 5.52 Å². The van der Waals surface area contributed by atoms with E-state index >= 15 is 0 Å². The Morgan fingerprint density at radius 1 is 1.11 bits per heavy atom. The molecule has 0 aliphatic heterocycles. The van der Waals surface area contributed by atoms with E-state index in [9.17, 15) is 9.59 Å². The van der Waals surface area contributed by atoms with Crippen LogP contribution in [0.3, 0.4) is 0 Å². The van der Waals surface area contributed by atoms with E-state index in [1.54, 1.807) is 4.57 Å². The first-order valence-corrected chi connectivity index (χ1v) is 9.33. The van der Waals surface area contributed by atoms with Crippen LogP contribution in [0.2, 0.25) is 0 Å². The number of para-hydroxylation sites is 1. The van der Waals surface area contributed by atoms with Crippen LogP contribution in [0.4, 0.5) is 0 Å². The summed E-state index contributed by atoms with van der Waals surface area (Å²) in [5.74, 6) is -0.0828. The minimum atomic E-state index is -0.119. The van der Waals surface area contributed by atoms with Gasteiger partial charge in [0.05, 0.1) is 10.9 Å². The number of nitrogens with one attached hydrogen (secondary N) is 2. The Labute approximate surface area is 162 Å². The highest BCUT2D eigenvalue weighted by molar-refractivity contribution is 6.03. The third-order valence-corrected chi connectivity index (χ3v) is 5.03. The van der Waals surface area contributed by atoms with Crippen molar-refractivity contribution < 1.29 is 4.79 Å².